The van der Waals surface area contributed by atoms with Gasteiger partial charge in [0.05, 0.1) is 12.6 Å². The van der Waals surface area contributed by atoms with Gasteiger partial charge in [-0.05, 0) is 37.2 Å². The highest BCUT2D eigenvalue weighted by Crippen LogP contribution is 2.19. The number of carbonyl (C=O) groups is 4. The lowest BCUT2D eigenvalue weighted by atomic mass is 9.99. The molecule has 5 atom stereocenters. The SMILES string of the molecule is CCC(C)C(N)C(=O)NC(CO)C(=O)NC(CCSC)C(=O)N1CCCC1C(=O)O. The Hall–Kier alpha value is -1.85. The van der Waals surface area contributed by atoms with E-state index in [0.717, 1.165) is 0 Å². The summed E-state index contributed by atoms with van der Waals surface area (Å²) in [7, 11) is 0. The summed E-state index contributed by atoms with van der Waals surface area (Å²) in [6.07, 6.45) is 3.78. The highest BCUT2D eigenvalue weighted by atomic mass is 32.2. The van der Waals surface area contributed by atoms with Crippen LogP contribution in [0.2, 0.25) is 0 Å². The Labute approximate surface area is 181 Å². The summed E-state index contributed by atoms with van der Waals surface area (Å²) in [4.78, 5) is 50.6. The van der Waals surface area contributed by atoms with E-state index in [-0.39, 0.29) is 5.92 Å². The van der Waals surface area contributed by atoms with Crippen molar-refractivity contribution in [1.82, 2.24) is 15.5 Å². The number of rotatable bonds is 12. The molecule has 0 aromatic carbocycles. The van der Waals surface area contributed by atoms with Crippen molar-refractivity contribution >= 4 is 35.5 Å². The summed E-state index contributed by atoms with van der Waals surface area (Å²) in [5.74, 6) is -2.36. The molecule has 1 saturated heterocycles. The third-order valence-electron chi connectivity index (χ3n) is 5.42. The molecular weight excluding hydrogens is 412 g/mol. The lowest BCUT2D eigenvalue weighted by Gasteiger charge is -2.28. The van der Waals surface area contributed by atoms with E-state index in [1.165, 1.54) is 16.7 Å². The van der Waals surface area contributed by atoms with Crippen molar-refractivity contribution in [2.24, 2.45) is 11.7 Å². The molecule has 0 saturated carbocycles. The van der Waals surface area contributed by atoms with Crippen molar-refractivity contribution in [2.75, 3.05) is 25.2 Å². The lowest BCUT2D eigenvalue weighted by Crippen LogP contribution is -2.58. The number of carboxylic acids is 1. The molecule has 0 spiro atoms. The lowest BCUT2D eigenvalue weighted by molar-refractivity contribution is -0.149. The van der Waals surface area contributed by atoms with Gasteiger partial charge in [0.1, 0.15) is 18.1 Å². The Bertz CT molecular complexity index is 620. The second-order valence-electron chi connectivity index (χ2n) is 7.53. The van der Waals surface area contributed by atoms with Crippen LogP contribution in [0.5, 0.6) is 0 Å². The van der Waals surface area contributed by atoms with Crippen LogP contribution in [0.4, 0.5) is 0 Å². The van der Waals surface area contributed by atoms with E-state index >= 15 is 0 Å². The van der Waals surface area contributed by atoms with E-state index < -0.39 is 54.5 Å². The summed E-state index contributed by atoms with van der Waals surface area (Å²) in [5.41, 5.74) is 5.87. The molecule has 5 unspecified atom stereocenters. The van der Waals surface area contributed by atoms with Crippen molar-refractivity contribution < 1.29 is 29.4 Å². The van der Waals surface area contributed by atoms with E-state index in [2.05, 4.69) is 10.6 Å². The van der Waals surface area contributed by atoms with Crippen LogP contribution in [0.15, 0.2) is 0 Å². The summed E-state index contributed by atoms with van der Waals surface area (Å²) >= 11 is 1.48. The average Bonchev–Trinajstić information content (AvgIpc) is 3.23. The molecule has 30 heavy (non-hydrogen) atoms. The van der Waals surface area contributed by atoms with E-state index in [0.29, 0.717) is 38.0 Å². The van der Waals surface area contributed by atoms with Crippen LogP contribution in [-0.4, -0.2) is 88.1 Å². The van der Waals surface area contributed by atoms with Crippen molar-refractivity contribution in [3.8, 4) is 0 Å². The fraction of sp³-hybridized carbons (Fsp3) is 0.789. The van der Waals surface area contributed by atoms with Gasteiger partial charge in [0.25, 0.3) is 0 Å². The first-order valence-electron chi connectivity index (χ1n) is 10.2. The van der Waals surface area contributed by atoms with Gasteiger partial charge in [-0.2, -0.15) is 11.8 Å². The highest BCUT2D eigenvalue weighted by Gasteiger charge is 2.38. The van der Waals surface area contributed by atoms with Gasteiger partial charge in [-0.3, -0.25) is 14.4 Å². The molecule has 11 heteroatoms. The largest absolute Gasteiger partial charge is 0.480 e. The van der Waals surface area contributed by atoms with Gasteiger partial charge in [-0.15, -0.1) is 0 Å². The van der Waals surface area contributed by atoms with Gasteiger partial charge in [-0.25, -0.2) is 4.79 Å². The summed E-state index contributed by atoms with van der Waals surface area (Å²) in [5, 5.41) is 23.9. The van der Waals surface area contributed by atoms with Gasteiger partial charge >= 0.3 is 5.97 Å². The molecule has 1 fully saturated rings. The Balaban J connectivity index is 2.86. The molecule has 0 radical (unpaired) electrons. The number of amides is 3. The minimum absolute atomic E-state index is 0.105. The van der Waals surface area contributed by atoms with Gasteiger partial charge < -0.3 is 31.5 Å². The number of carboxylic acid groups (broad SMARTS) is 1. The van der Waals surface area contributed by atoms with Gasteiger partial charge in [0, 0.05) is 6.54 Å². The fourth-order valence-electron chi connectivity index (χ4n) is 3.23. The number of nitrogens with two attached hydrogens (primary N) is 1. The minimum Gasteiger partial charge on any atom is -0.480 e. The molecule has 1 aliphatic rings. The minimum atomic E-state index is -1.26. The summed E-state index contributed by atoms with van der Waals surface area (Å²) in [6.45, 7) is 3.35. The summed E-state index contributed by atoms with van der Waals surface area (Å²) < 4.78 is 0. The monoisotopic (exact) mass is 446 g/mol. The highest BCUT2D eigenvalue weighted by molar-refractivity contribution is 7.98. The van der Waals surface area contributed by atoms with Crippen LogP contribution in [0.1, 0.15) is 39.5 Å². The molecule has 1 rings (SSSR count). The zero-order chi connectivity index (χ0) is 22.8. The maximum atomic E-state index is 12.9. The van der Waals surface area contributed by atoms with Crippen LogP contribution in [0, 0.1) is 5.92 Å². The first-order valence-corrected chi connectivity index (χ1v) is 11.6. The van der Waals surface area contributed by atoms with Crippen LogP contribution in [0.25, 0.3) is 0 Å². The van der Waals surface area contributed by atoms with E-state index in [9.17, 15) is 29.4 Å². The van der Waals surface area contributed by atoms with Gasteiger partial charge in [0.15, 0.2) is 0 Å². The number of likely N-dealkylation sites (tertiary alicyclic amines) is 1. The number of carbonyl (C=O) groups excluding carboxylic acids is 3. The third-order valence-corrected chi connectivity index (χ3v) is 6.07. The van der Waals surface area contributed by atoms with E-state index in [1.54, 1.807) is 0 Å². The van der Waals surface area contributed by atoms with E-state index in [1.807, 2.05) is 20.1 Å². The Morgan fingerprint density at radius 2 is 1.83 bits per heavy atom. The first-order chi connectivity index (χ1) is 14.2. The molecule has 0 bridgehead atoms. The number of hydrogen-bond donors (Lipinski definition) is 5. The van der Waals surface area contributed by atoms with Crippen LogP contribution in [-0.2, 0) is 19.2 Å². The number of aliphatic hydroxyl groups is 1. The zero-order valence-corrected chi connectivity index (χ0v) is 18.6. The first kappa shape index (κ1) is 26.2. The van der Waals surface area contributed by atoms with Crippen molar-refractivity contribution in [3.63, 3.8) is 0 Å². The second-order valence-corrected chi connectivity index (χ2v) is 8.51. The normalized spacial score (nSPS) is 20.2. The molecule has 0 aromatic rings. The Morgan fingerprint density at radius 3 is 2.37 bits per heavy atom. The van der Waals surface area contributed by atoms with Crippen molar-refractivity contribution in [1.29, 1.82) is 0 Å². The van der Waals surface area contributed by atoms with Crippen LogP contribution in [0.3, 0.4) is 0 Å². The van der Waals surface area contributed by atoms with Crippen LogP contribution >= 0.6 is 11.8 Å². The maximum Gasteiger partial charge on any atom is 0.326 e. The number of nitrogens with zero attached hydrogens (tertiary/aromatic N) is 1. The molecule has 0 aliphatic carbocycles. The number of aliphatic hydroxyl groups excluding tert-OH is 1. The topological polar surface area (TPSA) is 162 Å². The Morgan fingerprint density at radius 1 is 1.20 bits per heavy atom. The fourth-order valence-corrected chi connectivity index (χ4v) is 3.70. The smallest absolute Gasteiger partial charge is 0.326 e. The second kappa shape index (κ2) is 12.8. The molecule has 172 valence electrons. The standard InChI is InChI=1S/C19H34N4O6S/c1-4-11(2)15(20)17(26)22-13(10-24)16(25)21-12(7-9-30-3)18(27)23-8-5-6-14(23)19(28)29/h11-15,24H,4-10,20H2,1-3H3,(H,21,25)(H,22,26)(H,28,29). The summed E-state index contributed by atoms with van der Waals surface area (Å²) in [6, 6.07) is -3.94. The predicted molar refractivity (Wildman–Crippen MR) is 114 cm³/mol. The molecule has 10 nitrogen and oxygen atoms in total. The Kier molecular flexibility index (Phi) is 11.1. The molecule has 3 amide bonds. The van der Waals surface area contributed by atoms with Gasteiger partial charge in [-0.1, -0.05) is 20.3 Å². The number of aliphatic carboxylic acids is 1. The predicted octanol–water partition coefficient (Wildman–Crippen LogP) is -0.850. The molecule has 1 heterocycles. The maximum absolute atomic E-state index is 12.9. The number of thioether (sulfide) groups is 1. The molecule has 1 aliphatic heterocycles. The molecular formula is C19H34N4O6S. The van der Waals surface area contributed by atoms with Crippen molar-refractivity contribution in [2.45, 2.75) is 63.7 Å². The van der Waals surface area contributed by atoms with Gasteiger partial charge in [0.2, 0.25) is 17.7 Å². The number of nitrogens with one attached hydrogen (secondary N) is 2. The molecule has 6 N–H and O–H groups in total. The quantitative estimate of drug-likeness (QED) is 0.259. The average molecular weight is 447 g/mol. The number of hydrogen-bond acceptors (Lipinski definition) is 7. The zero-order valence-electron chi connectivity index (χ0n) is 17.8. The van der Waals surface area contributed by atoms with Crippen molar-refractivity contribution in [3.05, 3.63) is 0 Å². The molecule has 0 aromatic heterocycles. The van der Waals surface area contributed by atoms with Crippen LogP contribution < -0.4 is 16.4 Å². The van der Waals surface area contributed by atoms with E-state index in [4.69, 9.17) is 5.73 Å². The third kappa shape index (κ3) is 7.13.